The summed E-state index contributed by atoms with van der Waals surface area (Å²) in [5.74, 6) is -2.37. The Labute approximate surface area is 169 Å². The fourth-order valence-electron chi connectivity index (χ4n) is 4.60. The Balaban J connectivity index is 1.31. The van der Waals surface area contributed by atoms with E-state index in [9.17, 15) is 19.2 Å². The summed E-state index contributed by atoms with van der Waals surface area (Å²) in [5, 5.41) is 2.69. The average molecular weight is 396 g/mol. The number of likely N-dealkylation sites (tertiary alicyclic amines) is 1. The highest BCUT2D eigenvalue weighted by atomic mass is 16.5. The highest BCUT2D eigenvalue weighted by molar-refractivity contribution is 6.08. The highest BCUT2D eigenvalue weighted by Gasteiger charge is 2.59. The SMILES string of the molecule is CCc1ccc(NC(=O)C(C)OC(=O)CN2C(=O)C3C4C=CC(C4)C3C2=O)cc1. The van der Waals surface area contributed by atoms with Gasteiger partial charge in [-0.2, -0.15) is 0 Å². The molecule has 7 heteroatoms. The zero-order valence-electron chi connectivity index (χ0n) is 16.5. The van der Waals surface area contributed by atoms with Crippen LogP contribution >= 0.6 is 0 Å². The van der Waals surface area contributed by atoms with Crippen LogP contribution in [0.25, 0.3) is 0 Å². The van der Waals surface area contributed by atoms with Crippen LogP contribution in [-0.2, 0) is 30.3 Å². The number of ether oxygens (including phenoxy) is 1. The number of rotatable bonds is 6. The van der Waals surface area contributed by atoms with Crippen LogP contribution in [0.15, 0.2) is 36.4 Å². The van der Waals surface area contributed by atoms with E-state index in [4.69, 9.17) is 4.74 Å². The first-order valence-electron chi connectivity index (χ1n) is 10.0. The number of nitrogens with zero attached hydrogens (tertiary/aromatic N) is 1. The average Bonchev–Trinajstić information content (AvgIpc) is 3.38. The molecule has 1 aromatic rings. The van der Waals surface area contributed by atoms with Gasteiger partial charge in [-0.3, -0.25) is 24.1 Å². The molecule has 2 fully saturated rings. The number of aryl methyl sites for hydroxylation is 1. The molecule has 2 aliphatic carbocycles. The number of fused-ring (bicyclic) bond motifs is 5. The van der Waals surface area contributed by atoms with E-state index < -0.39 is 24.5 Å². The Hall–Kier alpha value is -2.96. The molecule has 1 heterocycles. The maximum absolute atomic E-state index is 12.6. The maximum atomic E-state index is 12.6. The molecule has 0 spiro atoms. The fraction of sp³-hybridized carbons (Fsp3) is 0.455. The minimum atomic E-state index is -1.04. The van der Waals surface area contributed by atoms with Crippen LogP contribution in [-0.4, -0.2) is 41.2 Å². The number of benzene rings is 1. The molecule has 0 aromatic heterocycles. The molecule has 0 radical (unpaired) electrons. The van der Waals surface area contributed by atoms with E-state index in [1.165, 1.54) is 6.92 Å². The van der Waals surface area contributed by atoms with Gasteiger partial charge in [0.2, 0.25) is 11.8 Å². The monoisotopic (exact) mass is 396 g/mol. The lowest BCUT2D eigenvalue weighted by Gasteiger charge is -2.18. The van der Waals surface area contributed by atoms with Gasteiger partial charge in [0.1, 0.15) is 6.54 Å². The van der Waals surface area contributed by atoms with E-state index in [1.807, 2.05) is 31.2 Å². The van der Waals surface area contributed by atoms with Crippen LogP contribution in [0.1, 0.15) is 25.8 Å². The van der Waals surface area contributed by atoms with Gasteiger partial charge in [-0.05, 0) is 49.3 Å². The first kappa shape index (κ1) is 19.4. The molecule has 5 atom stereocenters. The van der Waals surface area contributed by atoms with Gasteiger partial charge in [0, 0.05) is 5.69 Å². The van der Waals surface area contributed by atoms with Gasteiger partial charge < -0.3 is 10.1 Å². The van der Waals surface area contributed by atoms with E-state index in [0.717, 1.165) is 23.3 Å². The standard InChI is InChI=1S/C22H24N2O5/c1-3-13-4-8-16(9-5-13)23-20(26)12(2)29-17(25)11-24-21(27)18-14-6-7-15(10-14)19(18)22(24)28/h4-9,12,14-15,18-19H,3,10-11H2,1-2H3,(H,23,26). The number of imide groups is 1. The normalized spacial score (nSPS) is 27.9. The van der Waals surface area contributed by atoms with Gasteiger partial charge >= 0.3 is 5.97 Å². The summed E-state index contributed by atoms with van der Waals surface area (Å²) in [7, 11) is 0. The number of esters is 1. The van der Waals surface area contributed by atoms with Crippen molar-refractivity contribution in [3.63, 3.8) is 0 Å². The van der Waals surface area contributed by atoms with Gasteiger partial charge in [-0.15, -0.1) is 0 Å². The molecule has 7 nitrogen and oxygen atoms in total. The predicted molar refractivity (Wildman–Crippen MR) is 104 cm³/mol. The number of allylic oxidation sites excluding steroid dienone is 2. The summed E-state index contributed by atoms with van der Waals surface area (Å²) < 4.78 is 5.17. The van der Waals surface area contributed by atoms with Crippen molar-refractivity contribution in [1.82, 2.24) is 4.90 Å². The second kappa shape index (κ2) is 7.46. The predicted octanol–water partition coefficient (Wildman–Crippen LogP) is 1.93. The van der Waals surface area contributed by atoms with Crippen LogP contribution in [0.3, 0.4) is 0 Å². The van der Waals surface area contributed by atoms with Crippen LogP contribution in [0.2, 0.25) is 0 Å². The molecular formula is C22H24N2O5. The molecule has 3 amide bonds. The molecule has 152 valence electrons. The van der Waals surface area contributed by atoms with E-state index in [2.05, 4.69) is 5.32 Å². The van der Waals surface area contributed by atoms with Crippen LogP contribution in [0, 0.1) is 23.7 Å². The van der Waals surface area contributed by atoms with E-state index in [-0.39, 0.29) is 35.5 Å². The van der Waals surface area contributed by atoms with Gasteiger partial charge in [0.25, 0.3) is 5.91 Å². The molecule has 1 N–H and O–H groups in total. The lowest BCUT2D eigenvalue weighted by Crippen LogP contribution is -2.40. The van der Waals surface area contributed by atoms with Gasteiger partial charge in [-0.25, -0.2) is 0 Å². The van der Waals surface area contributed by atoms with Crippen molar-refractivity contribution in [1.29, 1.82) is 0 Å². The Morgan fingerprint density at radius 2 is 1.69 bits per heavy atom. The quantitative estimate of drug-likeness (QED) is 0.451. The number of amides is 3. The van der Waals surface area contributed by atoms with Gasteiger partial charge in [0.05, 0.1) is 11.8 Å². The second-order valence-corrected chi connectivity index (χ2v) is 7.93. The third-order valence-electron chi connectivity index (χ3n) is 6.16. The third-order valence-corrected chi connectivity index (χ3v) is 6.16. The lowest BCUT2D eigenvalue weighted by molar-refractivity contribution is -0.158. The molecule has 1 aliphatic heterocycles. The van der Waals surface area contributed by atoms with Crippen LogP contribution in [0.4, 0.5) is 5.69 Å². The molecule has 1 saturated carbocycles. The maximum Gasteiger partial charge on any atom is 0.326 e. The Morgan fingerprint density at radius 3 is 2.24 bits per heavy atom. The molecule has 2 bridgehead atoms. The Kier molecular flexibility index (Phi) is 4.98. The largest absolute Gasteiger partial charge is 0.451 e. The fourth-order valence-corrected chi connectivity index (χ4v) is 4.60. The Morgan fingerprint density at radius 1 is 1.10 bits per heavy atom. The number of nitrogens with one attached hydrogen (secondary N) is 1. The third kappa shape index (κ3) is 3.45. The first-order chi connectivity index (χ1) is 13.9. The van der Waals surface area contributed by atoms with E-state index >= 15 is 0 Å². The minimum Gasteiger partial charge on any atom is -0.451 e. The van der Waals surface area contributed by atoms with Crippen LogP contribution in [0.5, 0.6) is 0 Å². The Bertz CT molecular complexity index is 861. The summed E-state index contributed by atoms with van der Waals surface area (Å²) in [4.78, 5) is 50.8. The zero-order valence-corrected chi connectivity index (χ0v) is 16.5. The minimum absolute atomic E-state index is 0.0891. The summed E-state index contributed by atoms with van der Waals surface area (Å²) in [6.45, 7) is 3.05. The van der Waals surface area contributed by atoms with Crippen LogP contribution < -0.4 is 5.32 Å². The summed E-state index contributed by atoms with van der Waals surface area (Å²) >= 11 is 0. The first-order valence-corrected chi connectivity index (χ1v) is 10.0. The molecular weight excluding hydrogens is 372 g/mol. The van der Waals surface area contributed by atoms with Crippen molar-refractivity contribution >= 4 is 29.4 Å². The number of carbonyl (C=O) groups is 4. The zero-order chi connectivity index (χ0) is 20.7. The number of anilines is 1. The van der Waals surface area contributed by atoms with Crippen molar-refractivity contribution < 1.29 is 23.9 Å². The topological polar surface area (TPSA) is 92.8 Å². The van der Waals surface area contributed by atoms with E-state index in [1.54, 1.807) is 12.1 Å². The highest BCUT2D eigenvalue weighted by Crippen LogP contribution is 2.52. The second-order valence-electron chi connectivity index (χ2n) is 7.93. The van der Waals surface area contributed by atoms with Gasteiger partial charge in [-0.1, -0.05) is 31.2 Å². The molecule has 1 aromatic carbocycles. The molecule has 3 aliphatic rings. The van der Waals surface area contributed by atoms with Gasteiger partial charge in [0.15, 0.2) is 6.10 Å². The number of hydrogen-bond donors (Lipinski definition) is 1. The van der Waals surface area contributed by atoms with Crippen molar-refractivity contribution in [2.75, 3.05) is 11.9 Å². The van der Waals surface area contributed by atoms with Crippen molar-refractivity contribution in [2.45, 2.75) is 32.8 Å². The summed E-state index contributed by atoms with van der Waals surface area (Å²) in [5.41, 5.74) is 1.76. The lowest BCUT2D eigenvalue weighted by atomic mass is 9.85. The molecule has 4 rings (SSSR count). The van der Waals surface area contributed by atoms with Crippen molar-refractivity contribution in [3.05, 3.63) is 42.0 Å². The number of hydrogen-bond acceptors (Lipinski definition) is 5. The van der Waals surface area contributed by atoms with Crippen molar-refractivity contribution in [3.8, 4) is 0 Å². The summed E-state index contributed by atoms with van der Waals surface area (Å²) in [6.07, 6.45) is 4.69. The molecule has 5 unspecified atom stereocenters. The number of carbonyl (C=O) groups excluding carboxylic acids is 4. The summed E-state index contributed by atoms with van der Waals surface area (Å²) in [6, 6.07) is 7.40. The smallest absolute Gasteiger partial charge is 0.326 e. The van der Waals surface area contributed by atoms with E-state index in [0.29, 0.717) is 5.69 Å². The van der Waals surface area contributed by atoms with Crippen molar-refractivity contribution in [2.24, 2.45) is 23.7 Å². The molecule has 1 saturated heterocycles. The molecule has 29 heavy (non-hydrogen) atoms.